The van der Waals surface area contributed by atoms with Gasteiger partial charge in [-0.3, -0.25) is 13.9 Å². The molecule has 0 aliphatic heterocycles. The number of carbonyl (C=O) groups is 1. The number of aryl methyl sites for hydroxylation is 1. The maximum absolute atomic E-state index is 14.2. The van der Waals surface area contributed by atoms with Gasteiger partial charge >= 0.3 is 21.2 Å². The van der Waals surface area contributed by atoms with Crippen molar-refractivity contribution in [2.24, 2.45) is 0 Å². The van der Waals surface area contributed by atoms with Crippen molar-refractivity contribution in [1.29, 1.82) is 0 Å². The van der Waals surface area contributed by atoms with E-state index in [-0.39, 0.29) is 17.5 Å². The molecule has 0 unspecified atom stereocenters. The summed E-state index contributed by atoms with van der Waals surface area (Å²) >= 11 is 5.90. The number of benzene rings is 1. The number of hydrogen-bond acceptors (Lipinski definition) is 14. The number of carbonyl (C=O) groups excluding carboxylic acids is 1. The smallest absolute Gasteiger partial charge is 0.428 e. The Hall–Kier alpha value is -1.78. The van der Waals surface area contributed by atoms with Gasteiger partial charge in [-0.15, -0.1) is 18.7 Å². The lowest BCUT2D eigenvalue weighted by Gasteiger charge is -2.35. The maximum Gasteiger partial charge on any atom is 0.428 e. The molecule has 214 valence electrons. The monoisotopic (exact) mass is 607 g/mol. The first kappa shape index (κ1) is 32.4. The second kappa shape index (κ2) is 13.5. The van der Waals surface area contributed by atoms with E-state index in [0.29, 0.717) is 0 Å². The summed E-state index contributed by atoms with van der Waals surface area (Å²) < 4.78 is 65.8. The lowest BCUT2D eigenvalue weighted by molar-refractivity contribution is -0.264. The summed E-state index contributed by atoms with van der Waals surface area (Å²) in [5.41, 5.74) is -1.44. The second-order valence-electron chi connectivity index (χ2n) is 7.05. The molecule has 0 fully saturated rings. The summed E-state index contributed by atoms with van der Waals surface area (Å²) in [5.74, 6) is -2.00. The minimum atomic E-state index is -5.20. The van der Waals surface area contributed by atoms with Gasteiger partial charge in [-0.05, 0) is 19.1 Å². The molecule has 0 aliphatic carbocycles. The number of aromatic nitrogens is 1. The standard InChI is InChI=1S/C19H25ClFNO14P2/c1-6-32-18(24)13-11-22(16-10-14(20)15(21)9-12(16)17(13)23)8-7-19(25,37(26,33-28-2)34-29-3)38(27,35-30-4)36-31-5/h9-11,25H,6-8H2,1-5H3. The van der Waals surface area contributed by atoms with Gasteiger partial charge in [-0.2, -0.15) is 0 Å². The number of aliphatic hydroxyl groups is 1. The Bertz CT molecular complexity index is 1250. The van der Waals surface area contributed by atoms with E-state index in [4.69, 9.17) is 16.3 Å². The topological polar surface area (TPSA) is 177 Å². The Kier molecular flexibility index (Phi) is 11.5. The zero-order valence-electron chi connectivity index (χ0n) is 20.7. The van der Waals surface area contributed by atoms with Gasteiger partial charge in [0, 0.05) is 24.5 Å². The third kappa shape index (κ3) is 6.33. The highest BCUT2D eigenvalue weighted by Crippen LogP contribution is 2.78. The van der Waals surface area contributed by atoms with Crippen molar-refractivity contribution in [3.63, 3.8) is 0 Å². The molecule has 1 N–H and O–H groups in total. The highest BCUT2D eigenvalue weighted by Gasteiger charge is 2.68. The zero-order valence-corrected chi connectivity index (χ0v) is 23.3. The summed E-state index contributed by atoms with van der Waals surface area (Å²) in [5, 5.41) is 7.53. The molecule has 0 amide bonds. The number of ether oxygens (including phenoxy) is 1. The van der Waals surface area contributed by atoms with Crippen LogP contribution in [0.25, 0.3) is 10.9 Å². The number of rotatable bonds is 15. The number of nitrogens with zero attached hydrogens (tertiary/aromatic N) is 1. The molecular weight excluding hydrogens is 583 g/mol. The number of fused-ring (bicyclic) bond motifs is 1. The van der Waals surface area contributed by atoms with E-state index >= 15 is 0 Å². The minimum absolute atomic E-state index is 0.0397. The first-order chi connectivity index (χ1) is 17.9. The Labute approximate surface area is 219 Å². The lowest BCUT2D eigenvalue weighted by atomic mass is 10.1. The highest BCUT2D eigenvalue weighted by molar-refractivity contribution is 7.73. The van der Waals surface area contributed by atoms with Crippen LogP contribution < -0.4 is 5.43 Å². The van der Waals surface area contributed by atoms with Crippen molar-refractivity contribution >= 4 is 43.7 Å². The Balaban J connectivity index is 2.80. The van der Waals surface area contributed by atoms with Crippen LogP contribution in [0.5, 0.6) is 0 Å². The highest BCUT2D eigenvalue weighted by atomic mass is 35.5. The van der Waals surface area contributed by atoms with E-state index in [0.717, 1.165) is 51.3 Å². The largest absolute Gasteiger partial charge is 0.462 e. The van der Waals surface area contributed by atoms with Crippen LogP contribution in [0.4, 0.5) is 4.39 Å². The molecule has 0 atom stereocenters. The first-order valence-corrected chi connectivity index (χ1v) is 13.9. The van der Waals surface area contributed by atoms with Crippen LogP contribution in [0.1, 0.15) is 23.7 Å². The molecule has 0 spiro atoms. The molecular formula is C19H25ClFNO14P2. The quantitative estimate of drug-likeness (QED) is 0.134. The number of hydrogen-bond donors (Lipinski definition) is 1. The van der Waals surface area contributed by atoms with E-state index in [9.17, 15) is 28.2 Å². The van der Waals surface area contributed by atoms with Gasteiger partial charge in [0.05, 0.1) is 45.6 Å². The number of esters is 1. The summed E-state index contributed by atoms with van der Waals surface area (Å²) in [6.45, 7) is 0.863. The molecule has 15 nitrogen and oxygen atoms in total. The third-order valence-corrected chi connectivity index (χ3v) is 10.2. The minimum Gasteiger partial charge on any atom is -0.462 e. The molecule has 38 heavy (non-hydrogen) atoms. The van der Waals surface area contributed by atoms with E-state index < -0.39 is 61.0 Å². The number of halogens is 2. The second-order valence-corrected chi connectivity index (χ2v) is 11.9. The SMILES string of the molecule is CCOC(=O)c1cn(CCC(O)(P(=O)(OOC)OOC)P(=O)(OOC)OOC)c2cc(Cl)c(F)cc2c1=O. The van der Waals surface area contributed by atoms with Crippen LogP contribution in [-0.4, -0.2) is 55.8 Å². The molecule has 0 saturated carbocycles. The van der Waals surface area contributed by atoms with E-state index in [2.05, 4.69) is 38.2 Å². The molecule has 1 aromatic heterocycles. The van der Waals surface area contributed by atoms with Crippen LogP contribution in [0, 0.1) is 5.82 Å². The summed E-state index contributed by atoms with van der Waals surface area (Å²) in [4.78, 5) is 42.9. The third-order valence-electron chi connectivity index (χ3n) is 4.87. The van der Waals surface area contributed by atoms with Gasteiger partial charge in [0.1, 0.15) is 11.4 Å². The molecule has 2 rings (SSSR count). The predicted molar refractivity (Wildman–Crippen MR) is 126 cm³/mol. The predicted octanol–water partition coefficient (Wildman–Crippen LogP) is 3.71. The molecule has 1 heterocycles. The normalized spacial score (nSPS) is 12.7. The summed E-state index contributed by atoms with van der Waals surface area (Å²) in [6.07, 6.45) is 0.0755. The fraction of sp³-hybridized carbons (Fsp3) is 0.474. The zero-order chi connectivity index (χ0) is 28.7. The Morgan fingerprint density at radius 3 is 1.97 bits per heavy atom. The van der Waals surface area contributed by atoms with Crippen molar-refractivity contribution in [2.75, 3.05) is 35.0 Å². The average Bonchev–Trinajstić information content (AvgIpc) is 2.85. The molecule has 0 aliphatic rings. The fourth-order valence-corrected chi connectivity index (χ4v) is 7.09. The molecule has 0 radical (unpaired) electrons. The van der Waals surface area contributed by atoms with Crippen LogP contribution >= 0.6 is 26.8 Å². The van der Waals surface area contributed by atoms with Crippen molar-refractivity contribution in [3.8, 4) is 0 Å². The fourth-order valence-electron chi connectivity index (χ4n) is 3.27. The molecule has 1 aromatic carbocycles. The van der Waals surface area contributed by atoms with Gasteiger partial charge in [-0.1, -0.05) is 11.6 Å². The van der Waals surface area contributed by atoms with E-state index in [1.807, 2.05) is 0 Å². The van der Waals surface area contributed by atoms with Gasteiger partial charge < -0.3 is 14.4 Å². The van der Waals surface area contributed by atoms with Gasteiger partial charge in [-0.25, -0.2) is 28.7 Å². The van der Waals surface area contributed by atoms with Crippen molar-refractivity contribution in [2.45, 2.75) is 25.0 Å². The van der Waals surface area contributed by atoms with Gasteiger partial charge in [0.25, 0.3) is 5.08 Å². The summed E-state index contributed by atoms with van der Waals surface area (Å²) in [6, 6.07) is 1.86. The average molecular weight is 608 g/mol. The van der Waals surface area contributed by atoms with Crippen molar-refractivity contribution in [1.82, 2.24) is 4.57 Å². The molecule has 0 saturated heterocycles. The van der Waals surface area contributed by atoms with Gasteiger partial charge in [0.2, 0.25) is 5.43 Å². The Morgan fingerprint density at radius 1 is 1.03 bits per heavy atom. The van der Waals surface area contributed by atoms with Crippen molar-refractivity contribution in [3.05, 3.63) is 45.0 Å². The van der Waals surface area contributed by atoms with Crippen LogP contribution in [-0.2, 0) is 58.7 Å². The molecule has 0 bridgehead atoms. The van der Waals surface area contributed by atoms with Crippen molar-refractivity contribution < 1.29 is 66.4 Å². The van der Waals surface area contributed by atoms with E-state index in [1.54, 1.807) is 0 Å². The van der Waals surface area contributed by atoms with Crippen LogP contribution in [0.3, 0.4) is 0 Å². The number of pyridine rings is 1. The first-order valence-electron chi connectivity index (χ1n) is 10.4. The molecule has 2 aromatic rings. The van der Waals surface area contributed by atoms with Gasteiger partial charge in [0.15, 0.2) is 0 Å². The molecule has 19 heteroatoms. The summed E-state index contributed by atoms with van der Waals surface area (Å²) in [7, 11) is -6.84. The van der Waals surface area contributed by atoms with E-state index in [1.165, 1.54) is 6.92 Å². The maximum atomic E-state index is 14.2. The Morgan fingerprint density at radius 2 is 1.53 bits per heavy atom. The lowest BCUT2D eigenvalue weighted by Crippen LogP contribution is -2.34. The van der Waals surface area contributed by atoms with Crippen LogP contribution in [0.15, 0.2) is 23.1 Å². The van der Waals surface area contributed by atoms with Crippen LogP contribution in [0.2, 0.25) is 5.02 Å².